The summed E-state index contributed by atoms with van der Waals surface area (Å²) in [5, 5.41) is -0.970. The van der Waals surface area contributed by atoms with Gasteiger partial charge in [0.2, 0.25) is 5.50 Å². The lowest BCUT2D eigenvalue weighted by Gasteiger charge is -2.45. The first-order chi connectivity index (χ1) is 21.8. The fourth-order valence-electron chi connectivity index (χ4n) is 9.03. The van der Waals surface area contributed by atoms with Crippen LogP contribution >= 0.6 is 0 Å². The molecule has 0 aromatic heterocycles. The van der Waals surface area contributed by atoms with Gasteiger partial charge in [0.25, 0.3) is 0 Å². The Morgan fingerprint density at radius 1 is 1.09 bits per heavy atom. The fourth-order valence-corrected chi connectivity index (χ4v) is 12.3. The van der Waals surface area contributed by atoms with Gasteiger partial charge in [-0.25, -0.2) is 12.8 Å². The number of fused-ring (bicyclic) bond motifs is 1. The quantitative estimate of drug-likeness (QED) is 0.102. The summed E-state index contributed by atoms with van der Waals surface area (Å²) >= 11 is 0. The normalized spacial score (nSPS) is 34.5. The third-order valence-corrected chi connectivity index (χ3v) is 19.1. The first-order valence-corrected chi connectivity index (χ1v) is 22.5. The molecule has 0 aromatic carbocycles. The molecule has 0 spiro atoms. The number of rotatable bonds is 14. The van der Waals surface area contributed by atoms with Crippen LogP contribution in [0.2, 0.25) is 18.1 Å². The van der Waals surface area contributed by atoms with E-state index in [9.17, 15) is 8.42 Å². The van der Waals surface area contributed by atoms with E-state index in [2.05, 4.69) is 61.6 Å². The Bertz CT molecular complexity index is 1260. The molecule has 2 saturated carbocycles. The van der Waals surface area contributed by atoms with Crippen LogP contribution in [0.1, 0.15) is 113 Å². The summed E-state index contributed by atoms with van der Waals surface area (Å²) in [5.41, 5.74) is 0.0271. The van der Waals surface area contributed by atoms with Gasteiger partial charge in [-0.2, -0.15) is 0 Å². The molecular weight excluding hydrogens is 636 g/mol. The Morgan fingerprint density at radius 3 is 2.40 bits per heavy atom. The molecule has 272 valence electrons. The molecule has 1 aliphatic heterocycles. The molecule has 7 nitrogen and oxygen atoms in total. The van der Waals surface area contributed by atoms with Crippen LogP contribution in [0.5, 0.6) is 0 Å². The minimum atomic E-state index is -4.12. The van der Waals surface area contributed by atoms with Crippen LogP contribution < -0.4 is 0 Å². The number of hydrogen-bond acceptors (Lipinski definition) is 7. The van der Waals surface area contributed by atoms with Crippen LogP contribution in [0, 0.1) is 23.2 Å². The number of allylic oxidation sites excluding steroid dienone is 1. The molecule has 0 unspecified atom stereocenters. The Balaban J connectivity index is 1.58. The minimum absolute atomic E-state index is 0.00695. The maximum atomic E-state index is 16.1. The minimum Gasteiger partial charge on any atom is -0.414 e. The van der Waals surface area contributed by atoms with E-state index in [0.29, 0.717) is 48.5 Å². The fraction of sp³-hybridized carbons (Fsp3) is 0.892. The van der Waals surface area contributed by atoms with Crippen molar-refractivity contribution in [2.45, 2.75) is 159 Å². The molecule has 4 rings (SSSR count). The topological polar surface area (TPSA) is 80.3 Å². The van der Waals surface area contributed by atoms with Gasteiger partial charge in [0, 0.05) is 26.2 Å². The Hall–Kier alpha value is -0.623. The van der Waals surface area contributed by atoms with E-state index in [1.165, 1.54) is 12.7 Å². The molecule has 2 fully saturated rings. The average Bonchev–Trinajstić information content (AvgIpc) is 3.41. The predicted octanol–water partition coefficient (Wildman–Crippen LogP) is 8.90. The molecule has 8 atom stereocenters. The molecule has 47 heavy (non-hydrogen) atoms. The van der Waals surface area contributed by atoms with Crippen LogP contribution in [0.25, 0.3) is 0 Å². The molecular formula is C37H65FO7SSi. The molecule has 0 radical (unpaired) electrons. The maximum Gasteiger partial charge on any atom is 0.225 e. The predicted molar refractivity (Wildman–Crippen MR) is 189 cm³/mol. The van der Waals surface area contributed by atoms with E-state index >= 15 is 4.39 Å². The van der Waals surface area contributed by atoms with Crippen molar-refractivity contribution in [1.29, 1.82) is 0 Å². The van der Waals surface area contributed by atoms with Crippen molar-refractivity contribution in [3.8, 4) is 0 Å². The molecule has 0 saturated heterocycles. The van der Waals surface area contributed by atoms with Crippen LogP contribution in [0.3, 0.4) is 0 Å². The van der Waals surface area contributed by atoms with Gasteiger partial charge in [0.1, 0.15) is 18.8 Å². The molecule has 0 N–H and O–H groups in total. The second-order valence-electron chi connectivity index (χ2n) is 17.3. The second-order valence-corrected chi connectivity index (χ2v) is 24.2. The number of ether oxygens (including phenoxy) is 4. The molecule has 0 aromatic rings. The zero-order valence-corrected chi connectivity index (χ0v) is 33.1. The van der Waals surface area contributed by atoms with Crippen molar-refractivity contribution in [3.05, 3.63) is 22.8 Å². The molecule has 1 heterocycles. The zero-order valence-electron chi connectivity index (χ0n) is 31.2. The number of hydrogen-bond donors (Lipinski definition) is 0. The molecule has 4 aliphatic rings. The Kier molecular flexibility index (Phi) is 12.4. The van der Waals surface area contributed by atoms with Crippen LogP contribution in [0.15, 0.2) is 22.8 Å². The Labute approximate surface area is 286 Å². The van der Waals surface area contributed by atoms with Gasteiger partial charge < -0.3 is 23.4 Å². The lowest BCUT2D eigenvalue weighted by molar-refractivity contribution is -0.118. The van der Waals surface area contributed by atoms with E-state index < -0.39 is 35.0 Å². The molecule has 0 bridgehead atoms. The average molecular weight is 701 g/mol. The van der Waals surface area contributed by atoms with Crippen LogP contribution in [-0.4, -0.2) is 73.1 Å². The van der Waals surface area contributed by atoms with Gasteiger partial charge in [-0.1, -0.05) is 59.1 Å². The van der Waals surface area contributed by atoms with Gasteiger partial charge >= 0.3 is 0 Å². The monoisotopic (exact) mass is 700 g/mol. The zero-order chi connectivity index (χ0) is 35.0. The highest BCUT2D eigenvalue weighted by molar-refractivity contribution is 7.93. The molecule has 3 aliphatic carbocycles. The maximum absolute atomic E-state index is 16.1. The summed E-state index contributed by atoms with van der Waals surface area (Å²) in [6.07, 6.45) is 10.4. The third-order valence-electron chi connectivity index (χ3n) is 12.6. The van der Waals surface area contributed by atoms with Crippen molar-refractivity contribution in [2.24, 2.45) is 23.2 Å². The van der Waals surface area contributed by atoms with Gasteiger partial charge in [0.15, 0.2) is 18.2 Å². The summed E-state index contributed by atoms with van der Waals surface area (Å²) in [6, 6.07) is 0. The van der Waals surface area contributed by atoms with Crippen LogP contribution in [-0.2, 0) is 33.2 Å². The number of halogens is 1. The number of alkyl halides is 1. The number of methoxy groups -OCH3 is 2. The van der Waals surface area contributed by atoms with E-state index in [0.717, 1.165) is 51.4 Å². The van der Waals surface area contributed by atoms with Crippen molar-refractivity contribution >= 4 is 18.2 Å². The summed E-state index contributed by atoms with van der Waals surface area (Å²) in [6.45, 7) is 20.4. The van der Waals surface area contributed by atoms with Crippen molar-refractivity contribution in [3.63, 3.8) is 0 Å². The SMILES string of the molecule is COCO[C@H]1C[C@H](O[Si](C)(C)C(C)(C)C)CC2=C1[C@H](F)S(=O)(=O)[C@H]2/C=C1\CCC[C@]2(C)[C@@H]([C@H](C)CCCC(C)(C)OCOC)CC[C@@H]12. The highest BCUT2D eigenvalue weighted by Crippen LogP contribution is 2.60. The first-order valence-electron chi connectivity index (χ1n) is 18.0. The lowest BCUT2D eigenvalue weighted by atomic mass is 9.60. The van der Waals surface area contributed by atoms with Gasteiger partial charge in [0.05, 0.1) is 17.8 Å². The van der Waals surface area contributed by atoms with Gasteiger partial charge in [-0.3, -0.25) is 0 Å². The highest BCUT2D eigenvalue weighted by Gasteiger charge is 2.55. The van der Waals surface area contributed by atoms with E-state index in [1.54, 1.807) is 7.11 Å². The summed E-state index contributed by atoms with van der Waals surface area (Å²) in [4.78, 5) is 0. The summed E-state index contributed by atoms with van der Waals surface area (Å²) in [7, 11) is -3.10. The standard InChI is InChI=1S/C37H65FO7SSi/c1-25(14-12-18-36(5,6)44-24-42-9)29-16-17-30-26(15-13-19-37(29,30)7)20-32-28-21-27(45-47(10,11)35(2,3)4)22-31(43-23-41-8)33(28)34(38)46(32,39)40/h20,25,27,29-32,34H,12-19,21-24H2,1-11H3/b26-20+/t25-,27-,29-,30+,31+,32+,34-,37-/m1/s1. The summed E-state index contributed by atoms with van der Waals surface area (Å²) < 4.78 is 72.9. The van der Waals surface area contributed by atoms with Gasteiger partial charge in [-0.05, 0) is 106 Å². The highest BCUT2D eigenvalue weighted by atomic mass is 32.2. The van der Waals surface area contributed by atoms with Crippen molar-refractivity contribution in [1.82, 2.24) is 0 Å². The van der Waals surface area contributed by atoms with Crippen LogP contribution in [0.4, 0.5) is 4.39 Å². The Morgan fingerprint density at radius 2 is 1.77 bits per heavy atom. The van der Waals surface area contributed by atoms with E-state index in [1.807, 2.05) is 6.08 Å². The van der Waals surface area contributed by atoms with Crippen molar-refractivity contribution < 1.29 is 36.2 Å². The molecule has 10 heteroatoms. The van der Waals surface area contributed by atoms with Crippen molar-refractivity contribution in [2.75, 3.05) is 27.8 Å². The largest absolute Gasteiger partial charge is 0.414 e. The van der Waals surface area contributed by atoms with E-state index in [4.69, 9.17) is 23.4 Å². The summed E-state index contributed by atoms with van der Waals surface area (Å²) in [5.74, 6) is 1.46. The lowest BCUT2D eigenvalue weighted by Crippen LogP contribution is -2.46. The second kappa shape index (κ2) is 14.9. The van der Waals surface area contributed by atoms with E-state index in [-0.39, 0.29) is 29.0 Å². The third kappa shape index (κ3) is 8.31. The first kappa shape index (κ1) is 39.2. The van der Waals surface area contributed by atoms with Gasteiger partial charge in [-0.15, -0.1) is 0 Å². The number of sulfone groups is 1. The molecule has 0 amide bonds. The smallest absolute Gasteiger partial charge is 0.225 e.